The molecule has 1 unspecified atom stereocenters. The summed E-state index contributed by atoms with van der Waals surface area (Å²) < 4.78 is 29.4. The van der Waals surface area contributed by atoms with Gasteiger partial charge in [0.1, 0.15) is 12.6 Å². The lowest BCUT2D eigenvalue weighted by Crippen LogP contribution is -2.52. The molecule has 0 saturated heterocycles. The van der Waals surface area contributed by atoms with Crippen molar-refractivity contribution in [2.24, 2.45) is 0 Å². The van der Waals surface area contributed by atoms with Crippen LogP contribution in [0, 0.1) is 3.57 Å². The molecule has 0 radical (unpaired) electrons. The van der Waals surface area contributed by atoms with E-state index < -0.39 is 28.5 Å². The lowest BCUT2D eigenvalue weighted by molar-refractivity contribution is -0.140. The largest absolute Gasteiger partial charge is 0.355 e. The van der Waals surface area contributed by atoms with Crippen LogP contribution >= 0.6 is 34.2 Å². The van der Waals surface area contributed by atoms with Crippen LogP contribution < -0.4 is 9.62 Å². The van der Waals surface area contributed by atoms with E-state index in [1.165, 1.54) is 17.0 Å². The third kappa shape index (κ3) is 7.45. The van der Waals surface area contributed by atoms with Crippen LogP contribution in [0.3, 0.4) is 0 Å². The molecule has 37 heavy (non-hydrogen) atoms. The second-order valence-electron chi connectivity index (χ2n) is 8.27. The molecule has 1 N–H and O–H groups in total. The number of likely N-dealkylation sites (N-methyl/N-ethyl adjacent to an activating group) is 1. The van der Waals surface area contributed by atoms with Crippen LogP contribution in [0.4, 0.5) is 5.69 Å². The minimum Gasteiger partial charge on any atom is -0.355 e. The molecule has 3 rings (SSSR count). The van der Waals surface area contributed by atoms with Crippen molar-refractivity contribution in [2.45, 2.75) is 37.8 Å². The van der Waals surface area contributed by atoms with Gasteiger partial charge in [-0.05, 0) is 90.0 Å². The molecule has 0 heterocycles. The van der Waals surface area contributed by atoms with E-state index >= 15 is 0 Å². The van der Waals surface area contributed by atoms with Crippen LogP contribution in [0.2, 0.25) is 5.02 Å². The van der Waals surface area contributed by atoms with Crippen LogP contribution in [0.25, 0.3) is 0 Å². The van der Waals surface area contributed by atoms with E-state index in [9.17, 15) is 18.0 Å². The Labute approximate surface area is 237 Å². The summed E-state index contributed by atoms with van der Waals surface area (Å²) in [6.07, 6.45) is 0.361. The van der Waals surface area contributed by atoms with E-state index in [-0.39, 0.29) is 17.3 Å². The monoisotopic (exact) mass is 653 g/mol. The summed E-state index contributed by atoms with van der Waals surface area (Å²) in [7, 11) is -4.07. The van der Waals surface area contributed by atoms with E-state index in [2.05, 4.69) is 27.9 Å². The van der Waals surface area contributed by atoms with Gasteiger partial charge in [0, 0.05) is 21.7 Å². The third-order valence-electron chi connectivity index (χ3n) is 5.73. The molecule has 10 heteroatoms. The lowest BCUT2D eigenvalue weighted by atomic mass is 10.1. The van der Waals surface area contributed by atoms with E-state index in [0.717, 1.165) is 13.4 Å². The molecule has 0 aliphatic rings. The van der Waals surface area contributed by atoms with Crippen molar-refractivity contribution in [3.63, 3.8) is 0 Å². The Balaban J connectivity index is 2.03. The number of hydrogen-bond acceptors (Lipinski definition) is 4. The van der Waals surface area contributed by atoms with Crippen molar-refractivity contribution in [2.75, 3.05) is 17.4 Å². The molecule has 0 spiro atoms. The number of nitrogens with one attached hydrogen (secondary N) is 1. The van der Waals surface area contributed by atoms with Crippen molar-refractivity contribution < 1.29 is 18.0 Å². The van der Waals surface area contributed by atoms with Gasteiger partial charge >= 0.3 is 0 Å². The molecule has 0 bridgehead atoms. The number of carbonyl (C=O) groups excluding carboxylic acids is 2. The highest BCUT2D eigenvalue weighted by Gasteiger charge is 2.33. The molecule has 3 aromatic rings. The first-order valence-electron chi connectivity index (χ1n) is 11.8. The topological polar surface area (TPSA) is 86.8 Å². The molecular formula is C27H29ClIN3O4S. The van der Waals surface area contributed by atoms with Crippen LogP contribution in [0.1, 0.15) is 25.8 Å². The minimum atomic E-state index is -4.07. The minimum absolute atomic E-state index is 0.0707. The Hall–Kier alpha value is -2.63. The average molecular weight is 654 g/mol. The predicted molar refractivity (Wildman–Crippen MR) is 155 cm³/mol. The molecule has 7 nitrogen and oxygen atoms in total. The van der Waals surface area contributed by atoms with Gasteiger partial charge in [-0.3, -0.25) is 13.9 Å². The Kier molecular flexibility index (Phi) is 10.4. The fraction of sp³-hybridized carbons (Fsp3) is 0.259. The first-order valence-corrected chi connectivity index (χ1v) is 14.7. The van der Waals surface area contributed by atoms with Gasteiger partial charge in [-0.2, -0.15) is 0 Å². The van der Waals surface area contributed by atoms with E-state index in [4.69, 9.17) is 11.6 Å². The maximum Gasteiger partial charge on any atom is 0.264 e. The second-order valence-corrected chi connectivity index (χ2v) is 11.8. The number of sulfonamides is 1. The lowest BCUT2D eigenvalue weighted by Gasteiger charge is -2.33. The number of hydrogen-bond donors (Lipinski definition) is 1. The number of amides is 2. The molecule has 0 saturated carbocycles. The van der Waals surface area contributed by atoms with Gasteiger partial charge < -0.3 is 10.2 Å². The van der Waals surface area contributed by atoms with Crippen LogP contribution in [0.15, 0.2) is 83.8 Å². The smallest absolute Gasteiger partial charge is 0.264 e. The summed E-state index contributed by atoms with van der Waals surface area (Å²) in [4.78, 5) is 28.3. The molecule has 196 valence electrons. The molecule has 3 aromatic carbocycles. The van der Waals surface area contributed by atoms with Gasteiger partial charge in [-0.1, -0.05) is 48.9 Å². The van der Waals surface area contributed by atoms with Gasteiger partial charge in [0.2, 0.25) is 11.8 Å². The normalized spacial score (nSPS) is 12.0. The molecule has 2 amide bonds. The van der Waals surface area contributed by atoms with E-state index in [1.807, 2.05) is 6.92 Å². The van der Waals surface area contributed by atoms with Crippen LogP contribution in [0.5, 0.6) is 0 Å². The molecule has 0 aliphatic carbocycles. The maximum atomic E-state index is 13.9. The Morgan fingerprint density at radius 3 is 2.14 bits per heavy atom. The average Bonchev–Trinajstić information content (AvgIpc) is 2.89. The van der Waals surface area contributed by atoms with Crippen molar-refractivity contribution in [3.8, 4) is 0 Å². The quantitative estimate of drug-likeness (QED) is 0.293. The molecule has 1 atom stereocenters. The number of anilines is 1. The van der Waals surface area contributed by atoms with Crippen LogP contribution in [-0.4, -0.2) is 44.3 Å². The third-order valence-corrected chi connectivity index (χ3v) is 8.49. The SMILES string of the molecule is CCNC(=O)C(CC)N(Cc1ccc(Cl)cc1)C(=O)CN(c1ccc(I)cc1)S(=O)(=O)c1ccccc1. The summed E-state index contributed by atoms with van der Waals surface area (Å²) >= 11 is 8.16. The number of nitrogens with zero attached hydrogens (tertiary/aromatic N) is 2. The summed E-state index contributed by atoms with van der Waals surface area (Å²) in [5, 5.41) is 3.34. The van der Waals surface area contributed by atoms with Crippen LogP contribution in [-0.2, 0) is 26.2 Å². The second kappa shape index (κ2) is 13.3. The number of halogens is 2. The van der Waals surface area contributed by atoms with E-state index in [1.54, 1.807) is 73.7 Å². The molecule has 0 fully saturated rings. The maximum absolute atomic E-state index is 13.9. The zero-order chi connectivity index (χ0) is 27.0. The first kappa shape index (κ1) is 28.9. The summed E-state index contributed by atoms with van der Waals surface area (Å²) in [5.41, 5.74) is 1.13. The highest BCUT2D eigenvalue weighted by Crippen LogP contribution is 2.25. The Morgan fingerprint density at radius 1 is 0.946 bits per heavy atom. The molecule has 0 aromatic heterocycles. The Morgan fingerprint density at radius 2 is 1.57 bits per heavy atom. The fourth-order valence-corrected chi connectivity index (χ4v) is 5.77. The van der Waals surface area contributed by atoms with Crippen molar-refractivity contribution in [3.05, 3.63) is 93.0 Å². The standard InChI is InChI=1S/C27H29ClIN3O4S/c1-3-25(27(34)30-4-2)31(18-20-10-12-21(28)13-11-20)26(33)19-32(23-16-14-22(29)15-17-23)37(35,36)24-8-6-5-7-9-24/h5-17,25H,3-4,18-19H2,1-2H3,(H,30,34). The molecule has 0 aliphatic heterocycles. The summed E-state index contributed by atoms with van der Waals surface area (Å²) in [5.74, 6) is -0.787. The summed E-state index contributed by atoms with van der Waals surface area (Å²) in [6, 6.07) is 21.1. The predicted octanol–water partition coefficient (Wildman–Crippen LogP) is 5.08. The van der Waals surface area contributed by atoms with Crippen molar-refractivity contribution >= 4 is 61.7 Å². The van der Waals surface area contributed by atoms with Gasteiger partial charge in [-0.15, -0.1) is 0 Å². The zero-order valence-electron chi connectivity index (χ0n) is 20.6. The number of benzene rings is 3. The number of carbonyl (C=O) groups is 2. The van der Waals surface area contributed by atoms with Gasteiger partial charge in [0.25, 0.3) is 10.0 Å². The van der Waals surface area contributed by atoms with E-state index in [0.29, 0.717) is 23.7 Å². The number of rotatable bonds is 11. The Bertz CT molecular complexity index is 1300. The summed E-state index contributed by atoms with van der Waals surface area (Å²) in [6.45, 7) is 3.69. The fourth-order valence-electron chi connectivity index (χ4n) is 3.85. The highest BCUT2D eigenvalue weighted by atomic mass is 127. The van der Waals surface area contributed by atoms with Crippen molar-refractivity contribution in [1.29, 1.82) is 0 Å². The van der Waals surface area contributed by atoms with Gasteiger partial charge in [-0.25, -0.2) is 8.42 Å². The van der Waals surface area contributed by atoms with Crippen molar-refractivity contribution in [1.82, 2.24) is 10.2 Å². The molecular weight excluding hydrogens is 625 g/mol. The highest BCUT2D eigenvalue weighted by molar-refractivity contribution is 14.1. The first-order chi connectivity index (χ1) is 17.7. The zero-order valence-corrected chi connectivity index (χ0v) is 24.3. The van der Waals surface area contributed by atoms with Gasteiger partial charge in [0.05, 0.1) is 10.6 Å². The van der Waals surface area contributed by atoms with Gasteiger partial charge in [0.15, 0.2) is 0 Å².